The van der Waals surface area contributed by atoms with Gasteiger partial charge < -0.3 is 9.94 Å². The summed E-state index contributed by atoms with van der Waals surface area (Å²) >= 11 is 0. The third-order valence-corrected chi connectivity index (χ3v) is 5.84. The molecule has 2 N–H and O–H groups in total. The fraction of sp³-hybridized carbons (Fsp3) is 0.833. The summed E-state index contributed by atoms with van der Waals surface area (Å²) in [6, 6.07) is 0. The van der Waals surface area contributed by atoms with E-state index in [0.717, 1.165) is 50.8 Å². The zero-order chi connectivity index (χ0) is 22.1. The molecule has 0 amide bonds. The van der Waals surface area contributed by atoms with Gasteiger partial charge in [-0.05, 0) is 64.4 Å². The number of hydrogen-bond donors (Lipinski definition) is 2. The average molecular weight is 424 g/mol. The molecular formula is C24H45N3O3. The molecule has 0 saturated carbocycles. The highest BCUT2D eigenvalue weighted by Gasteiger charge is 2.29. The minimum absolute atomic E-state index is 0.0283. The number of nitrogens with one attached hydrogen (secondary N) is 1. The SMILES string of the molecule is CCC(C)(C)N1N=C(CCCCCCCC/C=C\CCCCCCCC(=O)O)ON1. The lowest BCUT2D eigenvalue weighted by Crippen LogP contribution is -2.45. The monoisotopic (exact) mass is 423 g/mol. The molecule has 6 heteroatoms. The molecule has 6 nitrogen and oxygen atoms in total. The second-order valence-corrected chi connectivity index (χ2v) is 9.00. The van der Waals surface area contributed by atoms with E-state index in [4.69, 9.17) is 9.94 Å². The molecule has 1 heterocycles. The number of carboxylic acid groups (broad SMARTS) is 1. The minimum atomic E-state index is -0.674. The number of unbranched alkanes of at least 4 members (excludes halogenated alkanes) is 11. The summed E-state index contributed by atoms with van der Waals surface area (Å²) in [5.41, 5.74) is 2.88. The second kappa shape index (κ2) is 16.2. The molecule has 0 aliphatic carbocycles. The summed E-state index contributed by atoms with van der Waals surface area (Å²) in [4.78, 5) is 15.9. The molecule has 0 atom stereocenters. The smallest absolute Gasteiger partial charge is 0.303 e. The van der Waals surface area contributed by atoms with Gasteiger partial charge >= 0.3 is 5.97 Å². The maximum absolute atomic E-state index is 10.4. The fourth-order valence-corrected chi connectivity index (χ4v) is 3.31. The van der Waals surface area contributed by atoms with Crippen molar-refractivity contribution in [1.29, 1.82) is 0 Å². The first kappa shape index (κ1) is 26.5. The molecule has 1 aliphatic rings. The molecule has 1 aliphatic heterocycles. The highest BCUT2D eigenvalue weighted by molar-refractivity contribution is 5.76. The predicted molar refractivity (Wildman–Crippen MR) is 124 cm³/mol. The van der Waals surface area contributed by atoms with Crippen LogP contribution in [0.5, 0.6) is 0 Å². The van der Waals surface area contributed by atoms with Gasteiger partial charge in [0, 0.05) is 12.8 Å². The van der Waals surface area contributed by atoms with E-state index >= 15 is 0 Å². The first-order valence-electron chi connectivity index (χ1n) is 12.1. The van der Waals surface area contributed by atoms with Crippen molar-refractivity contribution in [1.82, 2.24) is 10.7 Å². The molecule has 174 valence electrons. The Morgan fingerprint density at radius 3 is 2.07 bits per heavy atom. The Morgan fingerprint density at radius 1 is 0.967 bits per heavy atom. The van der Waals surface area contributed by atoms with E-state index in [2.05, 4.69) is 43.6 Å². The molecule has 0 unspecified atom stereocenters. The first-order chi connectivity index (χ1) is 14.5. The van der Waals surface area contributed by atoms with Crippen LogP contribution in [-0.4, -0.2) is 27.6 Å². The van der Waals surface area contributed by atoms with Crippen molar-refractivity contribution in [2.75, 3.05) is 0 Å². The Bertz CT molecular complexity index is 518. The van der Waals surface area contributed by atoms with Crippen molar-refractivity contribution in [2.24, 2.45) is 5.10 Å². The molecule has 0 bridgehead atoms. The van der Waals surface area contributed by atoms with Crippen LogP contribution in [0.2, 0.25) is 0 Å². The quantitative estimate of drug-likeness (QED) is 0.178. The number of rotatable bonds is 19. The Labute approximate surface area is 184 Å². The number of allylic oxidation sites excluding steroid dienone is 2. The van der Waals surface area contributed by atoms with Gasteiger partial charge in [0.25, 0.3) is 0 Å². The summed E-state index contributed by atoms with van der Waals surface area (Å²) in [6.07, 6.45) is 22.3. The number of hydrazine groups is 1. The van der Waals surface area contributed by atoms with Crippen LogP contribution in [-0.2, 0) is 9.63 Å². The average Bonchev–Trinajstić information content (AvgIpc) is 3.20. The van der Waals surface area contributed by atoms with Crippen molar-refractivity contribution >= 4 is 11.9 Å². The largest absolute Gasteiger partial charge is 0.481 e. The number of hydrazone groups is 1. The molecule has 0 aromatic carbocycles. The molecule has 30 heavy (non-hydrogen) atoms. The molecule has 0 aromatic heterocycles. The summed E-state index contributed by atoms with van der Waals surface area (Å²) in [6.45, 7) is 6.46. The van der Waals surface area contributed by atoms with Gasteiger partial charge in [-0.15, -0.1) is 5.10 Å². The number of hydrogen-bond acceptors (Lipinski definition) is 5. The second-order valence-electron chi connectivity index (χ2n) is 9.00. The third-order valence-electron chi connectivity index (χ3n) is 5.84. The predicted octanol–water partition coefficient (Wildman–Crippen LogP) is 6.73. The normalized spacial score (nSPS) is 14.4. The maximum Gasteiger partial charge on any atom is 0.303 e. The van der Waals surface area contributed by atoms with Gasteiger partial charge in [-0.3, -0.25) is 4.79 Å². The van der Waals surface area contributed by atoms with Crippen LogP contribution >= 0.6 is 0 Å². The molecule has 1 rings (SSSR count). The van der Waals surface area contributed by atoms with Crippen molar-refractivity contribution in [2.45, 2.75) is 129 Å². The first-order valence-corrected chi connectivity index (χ1v) is 12.1. The van der Waals surface area contributed by atoms with Gasteiger partial charge in [-0.25, -0.2) is 0 Å². The van der Waals surface area contributed by atoms with Gasteiger partial charge in [-0.2, -0.15) is 5.12 Å². The van der Waals surface area contributed by atoms with Crippen LogP contribution in [0.1, 0.15) is 124 Å². The lowest BCUT2D eigenvalue weighted by molar-refractivity contribution is -0.137. The minimum Gasteiger partial charge on any atom is -0.481 e. The van der Waals surface area contributed by atoms with Crippen LogP contribution in [0.15, 0.2) is 17.3 Å². The van der Waals surface area contributed by atoms with Gasteiger partial charge in [0.15, 0.2) is 0 Å². The molecule has 0 aromatic rings. The van der Waals surface area contributed by atoms with E-state index in [0.29, 0.717) is 6.42 Å². The summed E-state index contributed by atoms with van der Waals surface area (Å²) in [7, 11) is 0. The highest BCUT2D eigenvalue weighted by Crippen LogP contribution is 2.20. The van der Waals surface area contributed by atoms with Crippen molar-refractivity contribution in [3.63, 3.8) is 0 Å². The number of carbonyl (C=O) groups is 1. The maximum atomic E-state index is 10.4. The lowest BCUT2D eigenvalue weighted by Gasteiger charge is -2.30. The summed E-state index contributed by atoms with van der Waals surface area (Å²) in [5, 5.41) is 14.9. The summed E-state index contributed by atoms with van der Waals surface area (Å²) in [5.74, 6) is 0.133. The number of nitrogens with zero attached hydrogens (tertiary/aromatic N) is 2. The Morgan fingerprint density at radius 2 is 1.50 bits per heavy atom. The van der Waals surface area contributed by atoms with Crippen LogP contribution in [0, 0.1) is 0 Å². The van der Waals surface area contributed by atoms with Gasteiger partial charge in [-0.1, -0.05) is 64.0 Å². The van der Waals surface area contributed by atoms with Crippen molar-refractivity contribution in [3.05, 3.63) is 12.2 Å². The number of carboxylic acids is 1. The number of aliphatic carboxylic acids is 1. The molecule has 0 spiro atoms. The molecule has 0 fully saturated rings. The molecular weight excluding hydrogens is 378 g/mol. The van der Waals surface area contributed by atoms with Crippen LogP contribution in [0.4, 0.5) is 0 Å². The van der Waals surface area contributed by atoms with Gasteiger partial charge in [0.2, 0.25) is 5.90 Å². The third kappa shape index (κ3) is 12.9. The van der Waals surface area contributed by atoms with E-state index in [1.807, 2.05) is 5.12 Å². The topological polar surface area (TPSA) is 74.2 Å². The Balaban J connectivity index is 1.85. The standard InChI is InChI=1S/C24H45N3O3/c1-4-24(2,3)27-25-22(30-26-27)20-18-16-14-12-10-8-6-5-7-9-11-13-15-17-19-21-23(28)29/h5,7,26H,4,6,8-21H2,1-3H3,(H,28,29)/b7-5-. The summed E-state index contributed by atoms with van der Waals surface area (Å²) < 4.78 is 0. The van der Waals surface area contributed by atoms with Crippen molar-refractivity contribution < 1.29 is 14.7 Å². The highest BCUT2D eigenvalue weighted by atomic mass is 16.7. The van der Waals surface area contributed by atoms with E-state index in [1.165, 1.54) is 51.4 Å². The zero-order valence-corrected chi connectivity index (χ0v) is 19.6. The van der Waals surface area contributed by atoms with Gasteiger partial charge in [0.05, 0.1) is 5.54 Å². The lowest BCUT2D eigenvalue weighted by atomic mass is 10.0. The van der Waals surface area contributed by atoms with E-state index < -0.39 is 5.97 Å². The molecule has 0 radical (unpaired) electrons. The van der Waals surface area contributed by atoms with E-state index in [1.54, 1.807) is 0 Å². The zero-order valence-electron chi connectivity index (χ0n) is 19.6. The fourth-order valence-electron chi connectivity index (χ4n) is 3.31. The van der Waals surface area contributed by atoms with Crippen LogP contribution in [0.3, 0.4) is 0 Å². The Hall–Kier alpha value is -1.56. The van der Waals surface area contributed by atoms with E-state index in [9.17, 15) is 4.79 Å². The van der Waals surface area contributed by atoms with Crippen LogP contribution < -0.4 is 5.59 Å². The van der Waals surface area contributed by atoms with Crippen molar-refractivity contribution in [3.8, 4) is 0 Å². The van der Waals surface area contributed by atoms with E-state index in [-0.39, 0.29) is 5.54 Å². The Kier molecular flexibility index (Phi) is 14.3. The van der Waals surface area contributed by atoms with Gasteiger partial charge in [0.1, 0.15) is 0 Å². The van der Waals surface area contributed by atoms with Crippen LogP contribution in [0.25, 0.3) is 0 Å². The molecule has 0 saturated heterocycles.